The van der Waals surface area contributed by atoms with E-state index in [1.165, 1.54) is 5.56 Å². The maximum atomic E-state index is 12.1. The number of carbonyl (C=O) groups is 1. The van der Waals surface area contributed by atoms with Gasteiger partial charge in [-0.25, -0.2) is 0 Å². The fraction of sp³-hybridized carbons (Fsp3) is 0.588. The Labute approximate surface area is 127 Å². The average molecular weight is 289 g/mol. The summed E-state index contributed by atoms with van der Waals surface area (Å²) in [5.41, 5.74) is 0.859. The lowest BCUT2D eigenvalue weighted by molar-refractivity contribution is -0.127. The van der Waals surface area contributed by atoms with Gasteiger partial charge in [0, 0.05) is 25.7 Å². The number of hydrogen-bond donors (Lipinski definition) is 2. The highest BCUT2D eigenvalue weighted by atomic mass is 16.2. The van der Waals surface area contributed by atoms with Crippen molar-refractivity contribution in [2.75, 3.05) is 20.1 Å². The zero-order chi connectivity index (χ0) is 15.3. The summed E-state index contributed by atoms with van der Waals surface area (Å²) in [6.45, 7) is 6.91. The van der Waals surface area contributed by atoms with Crippen LogP contribution in [0.3, 0.4) is 0 Å². The zero-order valence-electron chi connectivity index (χ0n) is 13.4. The molecule has 1 heterocycles. The highest BCUT2D eigenvalue weighted by Crippen LogP contribution is 2.14. The first kappa shape index (κ1) is 16.0. The molecule has 1 aliphatic heterocycles. The van der Waals surface area contributed by atoms with Gasteiger partial charge in [-0.15, -0.1) is 0 Å². The number of likely N-dealkylation sites (tertiary alicyclic amines) is 1. The Kier molecular flexibility index (Phi) is 5.37. The average Bonchev–Trinajstić information content (AvgIpc) is 2.50. The molecule has 1 aromatic carbocycles. The monoisotopic (exact) mass is 289 g/mol. The molecule has 1 fully saturated rings. The van der Waals surface area contributed by atoms with Crippen molar-refractivity contribution in [2.24, 2.45) is 0 Å². The Morgan fingerprint density at radius 3 is 2.43 bits per heavy atom. The van der Waals surface area contributed by atoms with Crippen molar-refractivity contribution in [1.82, 2.24) is 15.5 Å². The van der Waals surface area contributed by atoms with Gasteiger partial charge in [0.15, 0.2) is 0 Å². The topological polar surface area (TPSA) is 44.4 Å². The Hall–Kier alpha value is -1.39. The van der Waals surface area contributed by atoms with Crippen LogP contribution in [0.2, 0.25) is 0 Å². The Morgan fingerprint density at radius 1 is 1.24 bits per heavy atom. The molecule has 0 bridgehead atoms. The van der Waals surface area contributed by atoms with Crippen LogP contribution in [0.5, 0.6) is 0 Å². The van der Waals surface area contributed by atoms with E-state index in [1.807, 2.05) is 20.9 Å². The quantitative estimate of drug-likeness (QED) is 0.868. The number of amides is 1. The van der Waals surface area contributed by atoms with Crippen LogP contribution >= 0.6 is 0 Å². The molecule has 21 heavy (non-hydrogen) atoms. The van der Waals surface area contributed by atoms with Crippen molar-refractivity contribution < 1.29 is 4.79 Å². The second-order valence-corrected chi connectivity index (χ2v) is 6.38. The number of benzene rings is 1. The third-order valence-corrected chi connectivity index (χ3v) is 4.36. The molecule has 2 N–H and O–H groups in total. The molecule has 1 aromatic rings. The molecule has 0 atom stereocenters. The molecule has 116 valence electrons. The predicted octanol–water partition coefficient (Wildman–Crippen LogP) is 1.77. The van der Waals surface area contributed by atoms with Gasteiger partial charge in [-0.1, -0.05) is 30.3 Å². The summed E-state index contributed by atoms with van der Waals surface area (Å²) >= 11 is 0. The van der Waals surface area contributed by atoms with E-state index in [9.17, 15) is 4.79 Å². The van der Waals surface area contributed by atoms with Gasteiger partial charge < -0.3 is 10.6 Å². The van der Waals surface area contributed by atoms with Gasteiger partial charge in [0.2, 0.25) is 5.91 Å². The zero-order valence-corrected chi connectivity index (χ0v) is 13.4. The summed E-state index contributed by atoms with van der Waals surface area (Å²) < 4.78 is 0. The number of hydrogen-bond acceptors (Lipinski definition) is 3. The molecule has 1 aliphatic rings. The number of carbonyl (C=O) groups excluding carboxylic acids is 1. The van der Waals surface area contributed by atoms with Gasteiger partial charge in [0.25, 0.3) is 0 Å². The van der Waals surface area contributed by atoms with E-state index in [2.05, 4.69) is 45.9 Å². The van der Waals surface area contributed by atoms with Crippen LogP contribution in [0, 0.1) is 0 Å². The SMILES string of the molecule is CNC(C)(C)C(=O)NC1CCN(Cc2ccccc2)CC1. The van der Waals surface area contributed by atoms with Crippen LogP contribution < -0.4 is 10.6 Å². The fourth-order valence-electron chi connectivity index (χ4n) is 2.56. The first-order valence-electron chi connectivity index (χ1n) is 7.77. The molecule has 4 heteroatoms. The normalized spacial score (nSPS) is 17.7. The molecule has 0 aromatic heterocycles. The Balaban J connectivity index is 1.77. The molecule has 1 saturated heterocycles. The predicted molar refractivity (Wildman–Crippen MR) is 86.0 cm³/mol. The lowest BCUT2D eigenvalue weighted by atomic mass is 10.0. The number of likely N-dealkylation sites (N-methyl/N-ethyl adjacent to an activating group) is 1. The highest BCUT2D eigenvalue weighted by Gasteiger charge is 2.28. The first-order valence-corrected chi connectivity index (χ1v) is 7.77. The van der Waals surface area contributed by atoms with Gasteiger partial charge in [-0.3, -0.25) is 9.69 Å². The lowest BCUT2D eigenvalue weighted by Gasteiger charge is -2.34. The van der Waals surface area contributed by atoms with E-state index in [4.69, 9.17) is 0 Å². The summed E-state index contributed by atoms with van der Waals surface area (Å²) in [5, 5.41) is 6.22. The third kappa shape index (κ3) is 4.55. The number of piperidine rings is 1. The molecule has 1 amide bonds. The van der Waals surface area contributed by atoms with Crippen LogP contribution in [-0.4, -0.2) is 42.5 Å². The fourth-order valence-corrected chi connectivity index (χ4v) is 2.56. The van der Waals surface area contributed by atoms with E-state index in [1.54, 1.807) is 0 Å². The minimum atomic E-state index is -0.499. The third-order valence-electron chi connectivity index (χ3n) is 4.36. The molecule has 2 rings (SSSR count). The van der Waals surface area contributed by atoms with Gasteiger partial charge in [0.05, 0.1) is 5.54 Å². The molecule has 0 aliphatic carbocycles. The molecular weight excluding hydrogens is 262 g/mol. The molecule has 0 saturated carbocycles. The molecule has 0 radical (unpaired) electrons. The standard InChI is InChI=1S/C17H27N3O/c1-17(2,18-3)16(21)19-15-9-11-20(12-10-15)13-14-7-5-4-6-8-14/h4-8,15,18H,9-13H2,1-3H3,(H,19,21). The summed E-state index contributed by atoms with van der Waals surface area (Å²) in [6.07, 6.45) is 2.05. The van der Waals surface area contributed by atoms with Crippen LogP contribution in [0.25, 0.3) is 0 Å². The summed E-state index contributed by atoms with van der Waals surface area (Å²) in [4.78, 5) is 14.6. The summed E-state index contributed by atoms with van der Waals surface area (Å²) in [6, 6.07) is 10.9. The Morgan fingerprint density at radius 2 is 1.86 bits per heavy atom. The van der Waals surface area contributed by atoms with Crippen LogP contribution in [0.4, 0.5) is 0 Å². The lowest BCUT2D eigenvalue weighted by Crippen LogP contribution is -2.55. The number of nitrogens with zero attached hydrogens (tertiary/aromatic N) is 1. The number of rotatable bonds is 5. The van der Waals surface area contributed by atoms with Crippen LogP contribution in [0.1, 0.15) is 32.3 Å². The number of nitrogens with one attached hydrogen (secondary N) is 2. The largest absolute Gasteiger partial charge is 0.352 e. The molecule has 0 spiro atoms. The maximum Gasteiger partial charge on any atom is 0.239 e. The van der Waals surface area contributed by atoms with E-state index < -0.39 is 5.54 Å². The van der Waals surface area contributed by atoms with Gasteiger partial charge in [0.1, 0.15) is 0 Å². The smallest absolute Gasteiger partial charge is 0.239 e. The minimum absolute atomic E-state index is 0.0894. The van der Waals surface area contributed by atoms with E-state index in [-0.39, 0.29) is 5.91 Å². The van der Waals surface area contributed by atoms with Gasteiger partial charge >= 0.3 is 0 Å². The summed E-state index contributed by atoms with van der Waals surface area (Å²) in [7, 11) is 1.82. The first-order chi connectivity index (χ1) is 10.0. The Bertz CT molecular complexity index is 450. The van der Waals surface area contributed by atoms with Crippen molar-refractivity contribution >= 4 is 5.91 Å². The summed E-state index contributed by atoms with van der Waals surface area (Å²) in [5.74, 6) is 0.0894. The maximum absolute atomic E-state index is 12.1. The van der Waals surface area contributed by atoms with E-state index in [0.717, 1.165) is 32.5 Å². The van der Waals surface area contributed by atoms with Gasteiger partial charge in [-0.05, 0) is 39.3 Å². The molecule has 0 unspecified atom stereocenters. The highest BCUT2D eigenvalue weighted by molar-refractivity contribution is 5.85. The van der Waals surface area contributed by atoms with Gasteiger partial charge in [-0.2, -0.15) is 0 Å². The van der Waals surface area contributed by atoms with E-state index >= 15 is 0 Å². The van der Waals surface area contributed by atoms with E-state index in [0.29, 0.717) is 6.04 Å². The van der Waals surface area contributed by atoms with Crippen molar-refractivity contribution in [1.29, 1.82) is 0 Å². The molecular formula is C17H27N3O. The van der Waals surface area contributed by atoms with Crippen LogP contribution in [-0.2, 0) is 11.3 Å². The van der Waals surface area contributed by atoms with Crippen molar-refractivity contribution in [3.63, 3.8) is 0 Å². The minimum Gasteiger partial charge on any atom is -0.352 e. The van der Waals surface area contributed by atoms with Crippen LogP contribution in [0.15, 0.2) is 30.3 Å². The van der Waals surface area contributed by atoms with Crippen molar-refractivity contribution in [2.45, 2.75) is 44.8 Å². The van der Waals surface area contributed by atoms with Crippen molar-refractivity contribution in [3.05, 3.63) is 35.9 Å². The second kappa shape index (κ2) is 7.05. The molecule has 4 nitrogen and oxygen atoms in total. The van der Waals surface area contributed by atoms with Crippen molar-refractivity contribution in [3.8, 4) is 0 Å². The second-order valence-electron chi connectivity index (χ2n) is 6.38.